The van der Waals surface area contributed by atoms with Crippen molar-refractivity contribution >= 4 is 5.91 Å². The zero-order chi connectivity index (χ0) is 16.8. The lowest BCUT2D eigenvalue weighted by Crippen LogP contribution is -2.43. The van der Waals surface area contributed by atoms with Crippen LogP contribution in [0.25, 0.3) is 0 Å². The molecule has 0 N–H and O–H groups in total. The Morgan fingerprint density at radius 1 is 1.33 bits per heavy atom. The molecule has 6 heteroatoms. The topological polar surface area (TPSA) is 64.8 Å². The molecule has 0 saturated carbocycles. The fourth-order valence-electron chi connectivity index (χ4n) is 2.81. The summed E-state index contributed by atoms with van der Waals surface area (Å²) >= 11 is 0. The van der Waals surface area contributed by atoms with Gasteiger partial charge in [-0.05, 0) is 37.1 Å². The molecule has 0 unspecified atom stereocenters. The van der Waals surface area contributed by atoms with E-state index < -0.39 is 0 Å². The van der Waals surface area contributed by atoms with E-state index in [0.29, 0.717) is 31.3 Å². The predicted molar refractivity (Wildman–Crippen MR) is 87.4 cm³/mol. The van der Waals surface area contributed by atoms with Crippen molar-refractivity contribution in [2.24, 2.45) is 0 Å². The summed E-state index contributed by atoms with van der Waals surface area (Å²) in [6, 6.07) is 9.24. The van der Waals surface area contributed by atoms with E-state index in [9.17, 15) is 4.79 Å². The van der Waals surface area contributed by atoms with Crippen LogP contribution in [0.1, 0.15) is 34.9 Å². The lowest BCUT2D eigenvalue weighted by atomic mass is 10.1. The summed E-state index contributed by atoms with van der Waals surface area (Å²) in [6.45, 7) is 2.13. The number of pyridine rings is 1. The van der Waals surface area contributed by atoms with Crippen LogP contribution < -0.4 is 0 Å². The fraction of sp³-hybridized carbons (Fsp3) is 0.444. The Morgan fingerprint density at radius 2 is 2.25 bits per heavy atom. The Kier molecular flexibility index (Phi) is 5.61. The van der Waals surface area contributed by atoms with E-state index in [2.05, 4.69) is 4.98 Å². The van der Waals surface area contributed by atoms with Gasteiger partial charge in [-0.2, -0.15) is 0 Å². The molecule has 0 spiro atoms. The van der Waals surface area contributed by atoms with Crippen LogP contribution in [0.15, 0.2) is 40.9 Å². The maximum Gasteiger partial charge on any atom is 0.289 e. The zero-order valence-corrected chi connectivity index (χ0v) is 13.8. The molecule has 24 heavy (non-hydrogen) atoms. The van der Waals surface area contributed by atoms with Crippen LogP contribution in [0.2, 0.25) is 0 Å². The van der Waals surface area contributed by atoms with E-state index in [1.165, 1.54) is 0 Å². The maximum atomic E-state index is 12.6. The molecule has 1 atom stereocenters. The molecule has 1 aliphatic heterocycles. The molecule has 2 aromatic rings. The molecule has 1 aliphatic rings. The lowest BCUT2D eigenvalue weighted by molar-refractivity contribution is -0.00873. The van der Waals surface area contributed by atoms with Crippen LogP contribution in [0.3, 0.4) is 0 Å². The van der Waals surface area contributed by atoms with Crippen molar-refractivity contribution in [1.29, 1.82) is 0 Å². The molecule has 1 saturated heterocycles. The van der Waals surface area contributed by atoms with Gasteiger partial charge in [0.05, 0.1) is 18.4 Å². The minimum atomic E-state index is -0.0940. The first-order valence-corrected chi connectivity index (χ1v) is 8.14. The van der Waals surface area contributed by atoms with Crippen molar-refractivity contribution in [1.82, 2.24) is 9.88 Å². The average molecular weight is 330 g/mol. The molecule has 6 nitrogen and oxygen atoms in total. The van der Waals surface area contributed by atoms with E-state index in [0.717, 1.165) is 25.1 Å². The molecular weight excluding hydrogens is 308 g/mol. The van der Waals surface area contributed by atoms with Gasteiger partial charge in [0.25, 0.3) is 5.91 Å². The first-order chi connectivity index (χ1) is 11.8. The number of amides is 1. The lowest BCUT2D eigenvalue weighted by Gasteiger charge is -2.32. The number of aromatic nitrogens is 1. The van der Waals surface area contributed by atoms with Crippen LogP contribution in [0, 0.1) is 0 Å². The van der Waals surface area contributed by atoms with Crippen molar-refractivity contribution in [3.8, 4) is 0 Å². The minimum Gasteiger partial charge on any atom is -0.453 e. The number of methoxy groups -OCH3 is 1. The van der Waals surface area contributed by atoms with Gasteiger partial charge in [0.2, 0.25) is 0 Å². The predicted octanol–water partition coefficient (Wildman–Crippen LogP) is 2.64. The molecule has 1 fully saturated rings. The Balaban J connectivity index is 1.55. The number of piperidine rings is 1. The summed E-state index contributed by atoms with van der Waals surface area (Å²) in [7, 11) is 1.60. The van der Waals surface area contributed by atoms with E-state index in [1.807, 2.05) is 18.2 Å². The number of nitrogens with zero attached hydrogens (tertiary/aromatic N) is 2. The molecule has 0 aliphatic carbocycles. The molecule has 3 heterocycles. The van der Waals surface area contributed by atoms with Crippen LogP contribution in [0.5, 0.6) is 0 Å². The van der Waals surface area contributed by atoms with Crippen LogP contribution in [-0.4, -0.2) is 42.1 Å². The van der Waals surface area contributed by atoms with Crippen LogP contribution >= 0.6 is 0 Å². The van der Waals surface area contributed by atoms with E-state index in [1.54, 1.807) is 30.3 Å². The summed E-state index contributed by atoms with van der Waals surface area (Å²) in [5, 5.41) is 0. The highest BCUT2D eigenvalue weighted by molar-refractivity contribution is 5.91. The fourth-order valence-corrected chi connectivity index (χ4v) is 2.81. The smallest absolute Gasteiger partial charge is 0.289 e. The third-order valence-electron chi connectivity index (χ3n) is 4.02. The van der Waals surface area contributed by atoms with Gasteiger partial charge in [0.1, 0.15) is 12.4 Å². The Labute approximate surface area is 141 Å². The quantitative estimate of drug-likeness (QED) is 0.815. The molecular formula is C18H22N2O4. The van der Waals surface area contributed by atoms with Crippen molar-refractivity contribution in [3.63, 3.8) is 0 Å². The number of likely N-dealkylation sites (tertiary alicyclic amines) is 1. The van der Waals surface area contributed by atoms with Gasteiger partial charge in [-0.15, -0.1) is 0 Å². The van der Waals surface area contributed by atoms with Gasteiger partial charge >= 0.3 is 0 Å². The Morgan fingerprint density at radius 3 is 3.04 bits per heavy atom. The monoisotopic (exact) mass is 330 g/mol. The Hall–Kier alpha value is -2.18. The first-order valence-electron chi connectivity index (χ1n) is 8.14. The number of furan rings is 1. The van der Waals surface area contributed by atoms with Crippen LogP contribution in [0.4, 0.5) is 0 Å². The van der Waals surface area contributed by atoms with E-state index in [4.69, 9.17) is 13.9 Å². The largest absolute Gasteiger partial charge is 0.453 e. The summed E-state index contributed by atoms with van der Waals surface area (Å²) in [5.41, 5.74) is 0.899. The van der Waals surface area contributed by atoms with Crippen LogP contribution in [-0.2, 0) is 22.7 Å². The zero-order valence-electron chi connectivity index (χ0n) is 13.8. The molecule has 1 amide bonds. The van der Waals surface area contributed by atoms with Gasteiger partial charge in [-0.3, -0.25) is 9.78 Å². The molecule has 3 rings (SSSR count). The van der Waals surface area contributed by atoms with E-state index >= 15 is 0 Å². The standard InChI is InChI=1S/C18H22N2O4/c1-22-13-16-7-8-17(24-16)18(21)20-10-4-6-15(11-20)23-12-14-5-2-3-9-19-14/h2-3,5,7-9,15H,4,6,10-13H2,1H3/t15-/m1/s1. The minimum absolute atomic E-state index is 0.0260. The highest BCUT2D eigenvalue weighted by Gasteiger charge is 2.26. The molecule has 0 aromatic carbocycles. The van der Waals surface area contributed by atoms with Crippen molar-refractivity contribution in [3.05, 3.63) is 53.7 Å². The number of rotatable bonds is 6. The average Bonchev–Trinajstić information content (AvgIpc) is 3.09. The van der Waals surface area contributed by atoms with Gasteiger partial charge in [-0.25, -0.2) is 0 Å². The molecule has 0 bridgehead atoms. The number of carbonyl (C=O) groups is 1. The second kappa shape index (κ2) is 8.08. The third kappa shape index (κ3) is 4.21. The van der Waals surface area contributed by atoms with Gasteiger partial charge in [0.15, 0.2) is 5.76 Å². The van der Waals surface area contributed by atoms with Gasteiger partial charge < -0.3 is 18.8 Å². The van der Waals surface area contributed by atoms with Gasteiger partial charge in [0, 0.05) is 26.4 Å². The summed E-state index contributed by atoms with van der Waals surface area (Å²) in [5.74, 6) is 0.914. The maximum absolute atomic E-state index is 12.6. The number of carbonyl (C=O) groups excluding carboxylic acids is 1. The molecule has 0 radical (unpaired) electrons. The SMILES string of the molecule is COCc1ccc(C(=O)N2CCC[C@@H](OCc3ccccn3)C2)o1. The summed E-state index contributed by atoms with van der Waals surface area (Å²) < 4.78 is 16.5. The Bertz CT molecular complexity index is 656. The second-order valence-corrected chi connectivity index (χ2v) is 5.85. The molecule has 2 aromatic heterocycles. The number of hydrogen-bond acceptors (Lipinski definition) is 5. The third-order valence-corrected chi connectivity index (χ3v) is 4.02. The number of hydrogen-bond donors (Lipinski definition) is 0. The first kappa shape index (κ1) is 16.7. The molecule has 128 valence electrons. The second-order valence-electron chi connectivity index (χ2n) is 5.85. The highest BCUT2D eigenvalue weighted by Crippen LogP contribution is 2.18. The van der Waals surface area contributed by atoms with Crippen molar-refractivity contribution < 1.29 is 18.7 Å². The van der Waals surface area contributed by atoms with Gasteiger partial charge in [-0.1, -0.05) is 6.07 Å². The van der Waals surface area contributed by atoms with Crippen molar-refractivity contribution in [2.45, 2.75) is 32.2 Å². The van der Waals surface area contributed by atoms with Crippen molar-refractivity contribution in [2.75, 3.05) is 20.2 Å². The summed E-state index contributed by atoms with van der Waals surface area (Å²) in [6.07, 6.45) is 3.65. The number of ether oxygens (including phenoxy) is 2. The normalized spacial score (nSPS) is 17.9. The summed E-state index contributed by atoms with van der Waals surface area (Å²) in [4.78, 5) is 18.6. The highest BCUT2D eigenvalue weighted by atomic mass is 16.5. The van der Waals surface area contributed by atoms with E-state index in [-0.39, 0.29) is 12.0 Å².